The molecule has 0 atom stereocenters. The van der Waals surface area contributed by atoms with E-state index in [2.05, 4.69) is 9.88 Å². The Balaban J connectivity index is 0. The molecule has 1 rings (SSSR count). The van der Waals surface area contributed by atoms with Gasteiger partial charge in [0, 0.05) is 18.1 Å². The minimum atomic E-state index is 0. The molecule has 5 heteroatoms. The summed E-state index contributed by atoms with van der Waals surface area (Å²) in [5, 5.41) is 3.18. The Bertz CT molecular complexity index is 165. The normalized spacial score (nSPS) is 8.64. The third-order valence-corrected chi connectivity index (χ3v) is 1.70. The molecule has 0 fully saturated rings. The fourth-order valence-electron chi connectivity index (χ4n) is 0.602. The number of nitrogens with zero attached hydrogens (tertiary/aromatic N) is 2. The summed E-state index contributed by atoms with van der Waals surface area (Å²) in [4.78, 5) is 6.24. The highest BCUT2D eigenvalue weighted by atomic mass is 35.5. The zero-order valence-electron chi connectivity index (χ0n) is 6.48. The van der Waals surface area contributed by atoms with Crippen molar-refractivity contribution in [3.8, 4) is 0 Å². The molecule has 1 heterocycles. The van der Waals surface area contributed by atoms with Crippen LogP contribution in [-0.2, 0) is 6.54 Å². The molecule has 0 saturated heterocycles. The summed E-state index contributed by atoms with van der Waals surface area (Å²) in [5.74, 6) is 0. The Morgan fingerprint density at radius 1 is 1.45 bits per heavy atom. The van der Waals surface area contributed by atoms with E-state index in [1.165, 1.54) is 5.01 Å². The Morgan fingerprint density at radius 2 is 2.09 bits per heavy atom. The Morgan fingerprint density at radius 3 is 2.45 bits per heavy atom. The number of rotatable bonds is 2. The minimum Gasteiger partial charge on any atom is -0.303 e. The van der Waals surface area contributed by atoms with Crippen LogP contribution in [0.25, 0.3) is 0 Å². The fraction of sp³-hybridized carbons (Fsp3) is 0.500. The van der Waals surface area contributed by atoms with Gasteiger partial charge in [0.2, 0.25) is 0 Å². The maximum Gasteiger partial charge on any atom is 0.107 e. The van der Waals surface area contributed by atoms with Crippen LogP contribution in [0.5, 0.6) is 0 Å². The summed E-state index contributed by atoms with van der Waals surface area (Å²) in [5.41, 5.74) is 0. The molecule has 0 aromatic carbocycles. The third-order valence-electron chi connectivity index (χ3n) is 0.935. The topological polar surface area (TPSA) is 16.1 Å². The molecule has 0 aliphatic carbocycles. The molecule has 66 valence electrons. The molecular formula is C6H12Cl2N2S. The first-order valence-corrected chi connectivity index (χ1v) is 3.70. The van der Waals surface area contributed by atoms with E-state index in [0.29, 0.717) is 0 Å². The average Bonchev–Trinajstić information content (AvgIpc) is 2.15. The molecule has 1 aromatic rings. The van der Waals surface area contributed by atoms with Crippen molar-refractivity contribution in [2.75, 3.05) is 14.1 Å². The van der Waals surface area contributed by atoms with E-state index in [1.807, 2.05) is 25.7 Å². The van der Waals surface area contributed by atoms with Crippen molar-refractivity contribution in [2.45, 2.75) is 6.54 Å². The van der Waals surface area contributed by atoms with E-state index in [-0.39, 0.29) is 24.8 Å². The summed E-state index contributed by atoms with van der Waals surface area (Å²) in [6.45, 7) is 0.956. The number of hydrogen-bond donors (Lipinski definition) is 0. The standard InChI is InChI=1S/C6H10N2S.2ClH/c1-8(2)5-6-7-3-4-9-6;;/h3-4H,5H2,1-2H3;2*1H. The number of thiazole rings is 1. The Hall–Kier alpha value is 0.170. The van der Waals surface area contributed by atoms with Crippen LogP contribution in [0.15, 0.2) is 11.6 Å². The average molecular weight is 215 g/mol. The van der Waals surface area contributed by atoms with Gasteiger partial charge >= 0.3 is 0 Å². The molecule has 0 radical (unpaired) electrons. The van der Waals surface area contributed by atoms with Crippen molar-refractivity contribution in [2.24, 2.45) is 0 Å². The molecule has 0 bridgehead atoms. The van der Waals surface area contributed by atoms with Crippen molar-refractivity contribution >= 4 is 36.2 Å². The SMILES string of the molecule is CN(C)Cc1nccs1.Cl.Cl. The molecule has 0 unspecified atom stereocenters. The Kier molecular flexibility index (Phi) is 8.56. The second-order valence-corrected chi connectivity index (χ2v) is 3.14. The molecule has 0 N–H and O–H groups in total. The maximum atomic E-state index is 4.13. The van der Waals surface area contributed by atoms with Gasteiger partial charge in [0.25, 0.3) is 0 Å². The van der Waals surface area contributed by atoms with E-state index in [4.69, 9.17) is 0 Å². The summed E-state index contributed by atoms with van der Waals surface area (Å²) >= 11 is 1.70. The highest BCUT2D eigenvalue weighted by molar-refractivity contribution is 7.09. The lowest BCUT2D eigenvalue weighted by atomic mass is 10.6. The predicted molar refractivity (Wildman–Crippen MR) is 54.0 cm³/mol. The third kappa shape index (κ3) is 5.44. The van der Waals surface area contributed by atoms with Crippen LogP contribution in [0.2, 0.25) is 0 Å². The van der Waals surface area contributed by atoms with Crippen molar-refractivity contribution < 1.29 is 0 Å². The zero-order valence-corrected chi connectivity index (χ0v) is 8.93. The van der Waals surface area contributed by atoms with Gasteiger partial charge in [-0.3, -0.25) is 0 Å². The lowest BCUT2D eigenvalue weighted by Gasteiger charge is -2.04. The number of halogens is 2. The van der Waals surface area contributed by atoms with Crippen LogP contribution < -0.4 is 0 Å². The quantitative estimate of drug-likeness (QED) is 0.750. The molecule has 0 spiro atoms. The van der Waals surface area contributed by atoms with Gasteiger partial charge in [-0.1, -0.05) is 0 Å². The zero-order chi connectivity index (χ0) is 6.69. The van der Waals surface area contributed by atoms with E-state index in [0.717, 1.165) is 6.54 Å². The van der Waals surface area contributed by atoms with Gasteiger partial charge in [0.05, 0.1) is 0 Å². The van der Waals surface area contributed by atoms with Gasteiger partial charge in [-0.15, -0.1) is 36.2 Å². The lowest BCUT2D eigenvalue weighted by Crippen LogP contribution is -2.09. The first kappa shape index (κ1) is 13.7. The smallest absolute Gasteiger partial charge is 0.107 e. The fourth-order valence-corrected chi connectivity index (χ4v) is 1.33. The molecule has 0 aliphatic heterocycles. The van der Waals surface area contributed by atoms with E-state index < -0.39 is 0 Å². The summed E-state index contributed by atoms with van der Waals surface area (Å²) < 4.78 is 0. The van der Waals surface area contributed by atoms with E-state index in [9.17, 15) is 0 Å². The van der Waals surface area contributed by atoms with Crippen LogP contribution in [0.1, 0.15) is 5.01 Å². The minimum absolute atomic E-state index is 0. The highest BCUT2D eigenvalue weighted by Crippen LogP contribution is 2.04. The van der Waals surface area contributed by atoms with Crippen molar-refractivity contribution in [1.82, 2.24) is 9.88 Å². The predicted octanol–water partition coefficient (Wildman–Crippen LogP) is 2.05. The second-order valence-electron chi connectivity index (χ2n) is 2.16. The van der Waals surface area contributed by atoms with Gasteiger partial charge in [0.15, 0.2) is 0 Å². The molecule has 0 saturated carbocycles. The lowest BCUT2D eigenvalue weighted by molar-refractivity contribution is 0.401. The molecule has 11 heavy (non-hydrogen) atoms. The molecule has 2 nitrogen and oxygen atoms in total. The van der Waals surface area contributed by atoms with Crippen molar-refractivity contribution in [1.29, 1.82) is 0 Å². The molecule has 0 aliphatic rings. The molecule has 1 aromatic heterocycles. The Labute approximate surface area is 83.5 Å². The molecular weight excluding hydrogens is 203 g/mol. The van der Waals surface area contributed by atoms with Gasteiger partial charge in [-0.25, -0.2) is 4.98 Å². The first-order valence-electron chi connectivity index (χ1n) is 2.82. The highest BCUT2D eigenvalue weighted by Gasteiger charge is 1.94. The molecule has 0 amide bonds. The van der Waals surface area contributed by atoms with Gasteiger partial charge < -0.3 is 4.90 Å². The number of aromatic nitrogens is 1. The van der Waals surface area contributed by atoms with E-state index >= 15 is 0 Å². The van der Waals surface area contributed by atoms with Crippen LogP contribution in [0.4, 0.5) is 0 Å². The van der Waals surface area contributed by atoms with Crippen molar-refractivity contribution in [3.63, 3.8) is 0 Å². The maximum absolute atomic E-state index is 4.13. The largest absolute Gasteiger partial charge is 0.303 e. The van der Waals surface area contributed by atoms with Crippen LogP contribution >= 0.6 is 36.2 Å². The summed E-state index contributed by atoms with van der Waals surface area (Å²) in [6, 6.07) is 0. The van der Waals surface area contributed by atoms with Gasteiger partial charge in [-0.05, 0) is 14.1 Å². The van der Waals surface area contributed by atoms with Crippen molar-refractivity contribution in [3.05, 3.63) is 16.6 Å². The second kappa shape index (κ2) is 6.85. The van der Waals surface area contributed by atoms with Crippen LogP contribution in [0.3, 0.4) is 0 Å². The number of hydrogen-bond acceptors (Lipinski definition) is 3. The van der Waals surface area contributed by atoms with Crippen LogP contribution in [-0.4, -0.2) is 24.0 Å². The summed E-state index contributed by atoms with van der Waals surface area (Å²) in [6.07, 6.45) is 1.84. The van der Waals surface area contributed by atoms with Gasteiger partial charge in [-0.2, -0.15) is 0 Å². The monoisotopic (exact) mass is 214 g/mol. The van der Waals surface area contributed by atoms with E-state index in [1.54, 1.807) is 11.3 Å². The van der Waals surface area contributed by atoms with Crippen LogP contribution in [0, 0.1) is 0 Å². The van der Waals surface area contributed by atoms with Gasteiger partial charge in [0.1, 0.15) is 5.01 Å². The first-order chi connectivity index (χ1) is 4.29. The summed E-state index contributed by atoms with van der Waals surface area (Å²) in [7, 11) is 4.09.